The van der Waals surface area contributed by atoms with Gasteiger partial charge in [0, 0.05) is 35.8 Å². The average molecular weight is 394 g/mol. The smallest absolute Gasteiger partial charge is 0.428 e. The molecule has 0 saturated carbocycles. The SMILES string of the molecule is CCC(=O)N1CC(=CNN(C)C(=O)OC(C)(C)C)C(=O)c2cc(Cl)ccc21. The van der Waals surface area contributed by atoms with Crippen LogP contribution >= 0.6 is 11.6 Å². The van der Waals surface area contributed by atoms with Gasteiger partial charge in [0.1, 0.15) is 5.60 Å². The molecule has 27 heavy (non-hydrogen) atoms. The van der Waals surface area contributed by atoms with Gasteiger partial charge >= 0.3 is 6.09 Å². The van der Waals surface area contributed by atoms with E-state index in [0.29, 0.717) is 28.3 Å². The normalized spacial score (nSPS) is 15.4. The van der Waals surface area contributed by atoms with Crippen LogP contribution in [0.4, 0.5) is 10.5 Å². The molecule has 1 aromatic carbocycles. The van der Waals surface area contributed by atoms with Gasteiger partial charge in [-0.2, -0.15) is 0 Å². The molecule has 7 nitrogen and oxygen atoms in total. The van der Waals surface area contributed by atoms with E-state index >= 15 is 0 Å². The summed E-state index contributed by atoms with van der Waals surface area (Å²) in [5.74, 6) is -0.366. The predicted octanol–water partition coefficient (Wildman–Crippen LogP) is 3.53. The van der Waals surface area contributed by atoms with E-state index in [0.717, 1.165) is 5.01 Å². The van der Waals surface area contributed by atoms with Crippen LogP contribution in [0, 0.1) is 0 Å². The molecule has 2 rings (SSSR count). The number of nitrogens with zero attached hydrogens (tertiary/aromatic N) is 2. The van der Waals surface area contributed by atoms with Gasteiger partial charge in [0.2, 0.25) is 5.91 Å². The van der Waals surface area contributed by atoms with Gasteiger partial charge in [-0.05, 0) is 39.0 Å². The molecule has 2 amide bonds. The third-order valence-corrected chi connectivity index (χ3v) is 4.05. The van der Waals surface area contributed by atoms with Crippen molar-refractivity contribution in [1.82, 2.24) is 10.4 Å². The first-order valence-corrected chi connectivity index (χ1v) is 8.98. The van der Waals surface area contributed by atoms with Crippen LogP contribution in [0.25, 0.3) is 0 Å². The van der Waals surface area contributed by atoms with E-state index in [1.165, 1.54) is 18.1 Å². The molecule has 0 unspecified atom stereocenters. The highest BCUT2D eigenvalue weighted by Crippen LogP contribution is 2.32. The fourth-order valence-corrected chi connectivity index (χ4v) is 2.68. The molecule has 1 aliphatic heterocycles. The number of carbonyl (C=O) groups excluding carboxylic acids is 3. The molecule has 1 aromatic rings. The first kappa shape index (κ1) is 20.8. The molecule has 1 N–H and O–H groups in total. The third kappa shape index (κ3) is 5.01. The number of rotatable bonds is 3. The van der Waals surface area contributed by atoms with Gasteiger partial charge < -0.3 is 15.1 Å². The molecule has 146 valence electrons. The second-order valence-electron chi connectivity index (χ2n) is 7.16. The third-order valence-electron chi connectivity index (χ3n) is 3.82. The number of fused-ring (bicyclic) bond motifs is 1. The molecule has 0 bridgehead atoms. The minimum Gasteiger partial charge on any atom is -0.442 e. The lowest BCUT2D eigenvalue weighted by Gasteiger charge is -2.30. The van der Waals surface area contributed by atoms with Crippen molar-refractivity contribution in [3.8, 4) is 0 Å². The van der Waals surface area contributed by atoms with Crippen molar-refractivity contribution in [3.63, 3.8) is 0 Å². The van der Waals surface area contributed by atoms with E-state index in [1.54, 1.807) is 45.9 Å². The van der Waals surface area contributed by atoms with Crippen LogP contribution in [0.2, 0.25) is 5.02 Å². The summed E-state index contributed by atoms with van der Waals surface area (Å²) in [6.07, 6.45) is 1.12. The average Bonchev–Trinajstić information content (AvgIpc) is 2.59. The Morgan fingerprint density at radius 1 is 1.37 bits per heavy atom. The van der Waals surface area contributed by atoms with Crippen LogP contribution in [0.15, 0.2) is 30.0 Å². The minimum absolute atomic E-state index is 0.106. The molecule has 1 aliphatic rings. The number of carbonyl (C=O) groups is 3. The number of amides is 2. The molecule has 0 atom stereocenters. The lowest BCUT2D eigenvalue weighted by atomic mass is 9.96. The Bertz CT molecular complexity index is 799. The van der Waals surface area contributed by atoms with Crippen LogP contribution in [0.3, 0.4) is 0 Å². The summed E-state index contributed by atoms with van der Waals surface area (Å²) >= 11 is 6.02. The van der Waals surface area contributed by atoms with E-state index in [-0.39, 0.29) is 18.2 Å². The zero-order valence-electron chi connectivity index (χ0n) is 16.1. The Labute approximate surface area is 163 Å². The summed E-state index contributed by atoms with van der Waals surface area (Å²) in [5.41, 5.74) is 3.32. The van der Waals surface area contributed by atoms with E-state index in [4.69, 9.17) is 16.3 Å². The van der Waals surface area contributed by atoms with Crippen molar-refractivity contribution in [1.29, 1.82) is 0 Å². The summed E-state index contributed by atoms with van der Waals surface area (Å²) in [5, 5.41) is 1.54. The number of hydrazine groups is 1. The highest BCUT2D eigenvalue weighted by molar-refractivity contribution is 6.31. The molecule has 0 aromatic heterocycles. The van der Waals surface area contributed by atoms with Crippen molar-refractivity contribution in [2.24, 2.45) is 0 Å². The Hall–Kier alpha value is -2.54. The molecule has 0 saturated heterocycles. The summed E-state index contributed by atoms with van der Waals surface area (Å²) in [6.45, 7) is 7.14. The van der Waals surface area contributed by atoms with Gasteiger partial charge in [-0.25, -0.2) is 9.80 Å². The molecule has 1 heterocycles. The van der Waals surface area contributed by atoms with Crippen molar-refractivity contribution in [2.75, 3.05) is 18.5 Å². The topological polar surface area (TPSA) is 79.0 Å². The lowest BCUT2D eigenvalue weighted by molar-refractivity contribution is -0.118. The standard InChI is InChI=1S/C19H24ClN3O4/c1-6-16(24)23-11-12(10-21-22(5)18(26)27-19(2,3)4)17(25)14-9-13(20)7-8-15(14)23/h7-10,21H,6,11H2,1-5H3. The van der Waals surface area contributed by atoms with Gasteiger partial charge in [-0.3, -0.25) is 9.59 Å². The molecule has 0 aliphatic carbocycles. The number of hydrogen-bond acceptors (Lipinski definition) is 5. The highest BCUT2D eigenvalue weighted by atomic mass is 35.5. The quantitative estimate of drug-likeness (QED) is 0.627. The summed E-state index contributed by atoms with van der Waals surface area (Å²) in [4.78, 5) is 38.7. The number of anilines is 1. The van der Waals surface area contributed by atoms with Gasteiger partial charge in [0.25, 0.3) is 0 Å². The van der Waals surface area contributed by atoms with Crippen LogP contribution in [0.5, 0.6) is 0 Å². The molecule has 0 spiro atoms. The number of ketones is 1. The van der Waals surface area contributed by atoms with Crippen molar-refractivity contribution in [3.05, 3.63) is 40.6 Å². The minimum atomic E-state index is -0.638. The zero-order chi connectivity index (χ0) is 20.4. The maximum Gasteiger partial charge on any atom is 0.428 e. The predicted molar refractivity (Wildman–Crippen MR) is 104 cm³/mol. The van der Waals surface area contributed by atoms with Crippen LogP contribution < -0.4 is 10.3 Å². The van der Waals surface area contributed by atoms with Crippen molar-refractivity contribution < 1.29 is 19.1 Å². The van der Waals surface area contributed by atoms with Crippen molar-refractivity contribution in [2.45, 2.75) is 39.7 Å². The van der Waals surface area contributed by atoms with Gasteiger partial charge in [0.15, 0.2) is 5.78 Å². The molecular formula is C19H24ClN3O4. The van der Waals surface area contributed by atoms with E-state index in [1.807, 2.05) is 0 Å². The fraction of sp³-hybridized carbons (Fsp3) is 0.421. The first-order chi connectivity index (χ1) is 12.5. The Morgan fingerprint density at radius 2 is 2.04 bits per heavy atom. The largest absolute Gasteiger partial charge is 0.442 e. The van der Waals surface area contributed by atoms with Crippen LogP contribution in [0.1, 0.15) is 44.5 Å². The van der Waals surface area contributed by atoms with E-state index in [2.05, 4.69) is 5.43 Å². The fourth-order valence-electron chi connectivity index (χ4n) is 2.51. The van der Waals surface area contributed by atoms with E-state index in [9.17, 15) is 14.4 Å². The Kier molecular flexibility index (Phi) is 6.15. The zero-order valence-corrected chi connectivity index (χ0v) is 16.9. The first-order valence-electron chi connectivity index (χ1n) is 8.60. The number of halogens is 1. The van der Waals surface area contributed by atoms with Gasteiger partial charge in [-0.1, -0.05) is 18.5 Å². The molecule has 0 radical (unpaired) electrons. The Morgan fingerprint density at radius 3 is 2.63 bits per heavy atom. The Balaban J connectivity index is 2.27. The molecule has 0 fully saturated rings. The van der Waals surface area contributed by atoms with Gasteiger partial charge in [-0.15, -0.1) is 0 Å². The summed E-state index contributed by atoms with van der Waals surface area (Å²) < 4.78 is 5.24. The second-order valence-corrected chi connectivity index (χ2v) is 7.60. The van der Waals surface area contributed by atoms with Crippen molar-refractivity contribution >= 4 is 35.1 Å². The molecule has 8 heteroatoms. The van der Waals surface area contributed by atoms with E-state index < -0.39 is 11.7 Å². The van der Waals surface area contributed by atoms with Crippen LogP contribution in [-0.4, -0.2) is 42.0 Å². The highest BCUT2D eigenvalue weighted by Gasteiger charge is 2.30. The number of ether oxygens (including phenoxy) is 1. The summed E-state index contributed by atoms with van der Waals surface area (Å²) in [7, 11) is 1.48. The monoisotopic (exact) mass is 393 g/mol. The molecular weight excluding hydrogens is 370 g/mol. The maximum atomic E-state index is 12.8. The van der Waals surface area contributed by atoms with Gasteiger partial charge in [0.05, 0.1) is 12.2 Å². The number of hydrogen-bond donors (Lipinski definition) is 1. The number of Topliss-reactive ketones (excluding diaryl/α,β-unsaturated/α-hetero) is 1. The lowest BCUT2D eigenvalue weighted by Crippen LogP contribution is -2.42. The second kappa shape index (κ2) is 8.00. The van der Waals surface area contributed by atoms with Crippen LogP contribution in [-0.2, 0) is 9.53 Å². The summed E-state index contributed by atoms with van der Waals surface area (Å²) in [6, 6.07) is 4.85. The maximum absolute atomic E-state index is 12.8. The number of nitrogens with one attached hydrogen (secondary N) is 1. The number of benzene rings is 1.